The molecule has 1 fully saturated rings. The van der Waals surface area contributed by atoms with Crippen molar-refractivity contribution in [2.75, 3.05) is 0 Å². The van der Waals surface area contributed by atoms with Gasteiger partial charge in [0.05, 0.1) is 6.10 Å². The number of hydrogen-bond donors (Lipinski definition) is 0. The van der Waals surface area contributed by atoms with Crippen molar-refractivity contribution in [3.05, 3.63) is 11.6 Å². The minimum atomic E-state index is 0.0683. The van der Waals surface area contributed by atoms with Gasteiger partial charge in [0.15, 0.2) is 0 Å². The fraction of sp³-hybridized carbons (Fsp3) is 0.750. The summed E-state index contributed by atoms with van der Waals surface area (Å²) in [5, 5.41) is 0. The Morgan fingerprint density at radius 1 is 1.56 bits per heavy atom. The zero-order valence-corrected chi connectivity index (χ0v) is 6.56. The maximum Gasteiger partial charge on any atom is 0.110 e. The van der Waals surface area contributed by atoms with Gasteiger partial charge in [-0.1, -0.05) is 11.6 Å². The molecule has 0 aromatic carbocycles. The van der Waals surface area contributed by atoms with Gasteiger partial charge in [0, 0.05) is 0 Å². The molecule has 0 amide bonds. The van der Waals surface area contributed by atoms with E-state index in [2.05, 4.69) is 33.8 Å². The van der Waals surface area contributed by atoms with E-state index in [1.54, 1.807) is 0 Å². The first-order valence-electron chi connectivity index (χ1n) is 3.38. The molecule has 1 aliphatic rings. The maximum atomic E-state index is 5.34. The molecule has 0 aromatic rings. The highest BCUT2D eigenvalue weighted by atomic mass is 16.6. The van der Waals surface area contributed by atoms with Crippen molar-refractivity contribution in [2.45, 2.75) is 39.4 Å². The van der Waals surface area contributed by atoms with Crippen LogP contribution in [0.15, 0.2) is 11.6 Å². The van der Waals surface area contributed by atoms with Crippen LogP contribution in [0.3, 0.4) is 0 Å². The Bertz CT molecular complexity index is 145. The summed E-state index contributed by atoms with van der Waals surface area (Å²) in [5.41, 5.74) is 1.40. The van der Waals surface area contributed by atoms with Gasteiger partial charge >= 0.3 is 0 Å². The van der Waals surface area contributed by atoms with Crippen LogP contribution in [-0.4, -0.2) is 11.7 Å². The van der Waals surface area contributed by atoms with Crippen LogP contribution >= 0.6 is 0 Å². The molecule has 2 unspecified atom stereocenters. The van der Waals surface area contributed by atoms with E-state index in [0.29, 0.717) is 6.10 Å². The third-order valence-electron chi connectivity index (χ3n) is 1.76. The van der Waals surface area contributed by atoms with E-state index in [0.717, 1.165) is 0 Å². The van der Waals surface area contributed by atoms with Crippen LogP contribution in [0, 0.1) is 0 Å². The minimum Gasteiger partial charge on any atom is -0.362 e. The topological polar surface area (TPSA) is 12.5 Å². The van der Waals surface area contributed by atoms with Crippen LogP contribution in [0.5, 0.6) is 0 Å². The summed E-state index contributed by atoms with van der Waals surface area (Å²) in [7, 11) is 0. The van der Waals surface area contributed by atoms with E-state index >= 15 is 0 Å². The van der Waals surface area contributed by atoms with Crippen LogP contribution in [0.1, 0.15) is 27.7 Å². The molecule has 0 aliphatic carbocycles. The van der Waals surface area contributed by atoms with Crippen molar-refractivity contribution < 1.29 is 4.74 Å². The SMILES string of the molecule is CC(C)=CC1(C)OC1C. The third kappa shape index (κ3) is 1.33. The van der Waals surface area contributed by atoms with E-state index in [-0.39, 0.29) is 5.60 Å². The fourth-order valence-corrected chi connectivity index (χ4v) is 1.07. The zero-order chi connectivity index (χ0) is 7.07. The normalized spacial score (nSPS) is 40.2. The lowest BCUT2D eigenvalue weighted by Crippen LogP contribution is -2.02. The summed E-state index contributed by atoms with van der Waals surface area (Å²) in [6.45, 7) is 8.41. The first-order valence-corrected chi connectivity index (χ1v) is 3.38. The monoisotopic (exact) mass is 126 g/mol. The lowest BCUT2D eigenvalue weighted by Gasteiger charge is -1.96. The molecule has 0 spiro atoms. The van der Waals surface area contributed by atoms with E-state index < -0.39 is 0 Å². The summed E-state index contributed by atoms with van der Waals surface area (Å²) < 4.78 is 5.34. The van der Waals surface area contributed by atoms with Gasteiger partial charge in [-0.3, -0.25) is 0 Å². The summed E-state index contributed by atoms with van der Waals surface area (Å²) >= 11 is 0. The first-order chi connectivity index (χ1) is 4.04. The quantitative estimate of drug-likeness (QED) is 0.387. The molecule has 1 aliphatic heterocycles. The molecule has 1 heterocycles. The van der Waals surface area contributed by atoms with Gasteiger partial charge in [0.25, 0.3) is 0 Å². The molecule has 1 saturated heterocycles. The third-order valence-corrected chi connectivity index (χ3v) is 1.76. The second-order valence-corrected chi connectivity index (χ2v) is 3.17. The largest absolute Gasteiger partial charge is 0.362 e. The lowest BCUT2D eigenvalue weighted by atomic mass is 10.1. The molecule has 1 rings (SSSR count). The van der Waals surface area contributed by atoms with Gasteiger partial charge in [-0.2, -0.15) is 0 Å². The van der Waals surface area contributed by atoms with Gasteiger partial charge < -0.3 is 4.74 Å². The molecule has 0 aromatic heterocycles. The fourth-order valence-electron chi connectivity index (χ4n) is 1.07. The molecule has 1 nitrogen and oxygen atoms in total. The van der Waals surface area contributed by atoms with Crippen molar-refractivity contribution in [3.63, 3.8) is 0 Å². The van der Waals surface area contributed by atoms with Gasteiger partial charge in [-0.25, -0.2) is 0 Å². The van der Waals surface area contributed by atoms with E-state index in [9.17, 15) is 0 Å². The van der Waals surface area contributed by atoms with Crippen LogP contribution in [0.25, 0.3) is 0 Å². The summed E-state index contributed by atoms with van der Waals surface area (Å²) in [4.78, 5) is 0. The van der Waals surface area contributed by atoms with Crippen molar-refractivity contribution in [1.82, 2.24) is 0 Å². The van der Waals surface area contributed by atoms with Crippen molar-refractivity contribution >= 4 is 0 Å². The number of ether oxygens (including phenoxy) is 1. The average Bonchev–Trinajstić information content (AvgIpc) is 2.10. The Kier molecular flexibility index (Phi) is 1.39. The predicted octanol–water partition coefficient (Wildman–Crippen LogP) is 2.13. The van der Waals surface area contributed by atoms with Gasteiger partial charge in [0.1, 0.15) is 5.60 Å². The first kappa shape index (κ1) is 6.81. The smallest absolute Gasteiger partial charge is 0.110 e. The molecule has 0 bridgehead atoms. The van der Waals surface area contributed by atoms with Crippen molar-refractivity contribution in [2.24, 2.45) is 0 Å². The van der Waals surface area contributed by atoms with E-state index in [4.69, 9.17) is 4.74 Å². The van der Waals surface area contributed by atoms with Crippen molar-refractivity contribution in [3.8, 4) is 0 Å². The summed E-state index contributed by atoms with van der Waals surface area (Å²) in [6, 6.07) is 0. The average molecular weight is 126 g/mol. The van der Waals surface area contributed by atoms with Crippen LogP contribution in [0.2, 0.25) is 0 Å². The Morgan fingerprint density at radius 2 is 2.00 bits per heavy atom. The van der Waals surface area contributed by atoms with Crippen LogP contribution in [-0.2, 0) is 4.74 Å². The number of allylic oxidation sites excluding steroid dienone is 1. The molecule has 2 atom stereocenters. The van der Waals surface area contributed by atoms with Gasteiger partial charge in [-0.05, 0) is 27.7 Å². The molecular weight excluding hydrogens is 112 g/mol. The number of rotatable bonds is 1. The van der Waals surface area contributed by atoms with E-state index in [1.807, 2.05) is 0 Å². The Morgan fingerprint density at radius 3 is 2.11 bits per heavy atom. The Labute approximate surface area is 56.7 Å². The van der Waals surface area contributed by atoms with Crippen molar-refractivity contribution in [1.29, 1.82) is 0 Å². The molecule has 0 N–H and O–H groups in total. The minimum absolute atomic E-state index is 0.0683. The highest BCUT2D eigenvalue weighted by Gasteiger charge is 2.46. The Hall–Kier alpha value is -0.300. The highest BCUT2D eigenvalue weighted by Crippen LogP contribution is 2.37. The summed E-state index contributed by atoms with van der Waals surface area (Å²) in [5.74, 6) is 0. The molecule has 0 saturated carbocycles. The lowest BCUT2D eigenvalue weighted by molar-refractivity contribution is 0.348. The molecule has 52 valence electrons. The van der Waals surface area contributed by atoms with Crippen LogP contribution in [0.4, 0.5) is 0 Å². The molecule has 0 radical (unpaired) electrons. The Balaban J connectivity index is 2.56. The molecule has 9 heavy (non-hydrogen) atoms. The maximum absolute atomic E-state index is 5.34. The number of epoxide rings is 1. The highest BCUT2D eigenvalue weighted by molar-refractivity contribution is 5.16. The second kappa shape index (κ2) is 1.84. The van der Waals surface area contributed by atoms with E-state index in [1.165, 1.54) is 5.57 Å². The zero-order valence-electron chi connectivity index (χ0n) is 6.56. The standard InChI is InChI=1S/C8H14O/c1-6(2)5-8(4)7(3)9-8/h5,7H,1-4H3. The molecular formula is C8H14O. The predicted molar refractivity (Wildman–Crippen MR) is 38.4 cm³/mol. The molecule has 1 heteroatoms. The van der Waals surface area contributed by atoms with Gasteiger partial charge in [0.2, 0.25) is 0 Å². The summed E-state index contributed by atoms with van der Waals surface area (Å²) in [6.07, 6.45) is 2.60. The van der Waals surface area contributed by atoms with Crippen LogP contribution < -0.4 is 0 Å². The second-order valence-electron chi connectivity index (χ2n) is 3.17. The number of hydrogen-bond acceptors (Lipinski definition) is 1. The van der Waals surface area contributed by atoms with Gasteiger partial charge in [-0.15, -0.1) is 0 Å².